The van der Waals surface area contributed by atoms with Crippen molar-refractivity contribution in [1.82, 2.24) is 9.78 Å². The minimum atomic E-state index is 0.575. The van der Waals surface area contributed by atoms with Crippen LogP contribution in [0, 0.1) is 12.3 Å². The van der Waals surface area contributed by atoms with E-state index < -0.39 is 0 Å². The topological polar surface area (TPSA) is 29.9 Å². The molecule has 0 unspecified atom stereocenters. The summed E-state index contributed by atoms with van der Waals surface area (Å²) in [7, 11) is 1.98. The zero-order chi connectivity index (χ0) is 9.26. The number of aromatic nitrogens is 2. The summed E-state index contributed by atoms with van der Waals surface area (Å²) >= 11 is 0. The zero-order valence-electron chi connectivity index (χ0n) is 7.75. The predicted octanol–water partition coefficient (Wildman–Crippen LogP) is 1.34. The summed E-state index contributed by atoms with van der Waals surface area (Å²) in [5.41, 5.74) is 2.40. The number of aryl methyl sites for hydroxylation is 1. The molecule has 68 valence electrons. The first kappa shape index (κ1) is 8.18. The highest BCUT2D eigenvalue weighted by Gasteiger charge is 2.29. The molecule has 1 aromatic rings. The van der Waals surface area contributed by atoms with Crippen LogP contribution in [-0.4, -0.2) is 16.3 Å². The van der Waals surface area contributed by atoms with Crippen molar-refractivity contribution in [3.8, 4) is 12.3 Å². The Morgan fingerprint density at radius 2 is 2.54 bits per heavy atom. The van der Waals surface area contributed by atoms with E-state index in [9.17, 15) is 0 Å². The van der Waals surface area contributed by atoms with Crippen molar-refractivity contribution in [2.24, 2.45) is 7.05 Å². The number of hydrogen-bond donors (Lipinski definition) is 1. The first-order chi connectivity index (χ1) is 6.33. The molecular formula is C10H13N3. The fourth-order valence-electron chi connectivity index (χ4n) is 1.57. The van der Waals surface area contributed by atoms with Gasteiger partial charge in [0.25, 0.3) is 0 Å². The Balaban J connectivity index is 2.19. The van der Waals surface area contributed by atoms with Crippen molar-refractivity contribution in [2.45, 2.75) is 18.8 Å². The van der Waals surface area contributed by atoms with Gasteiger partial charge < -0.3 is 5.32 Å². The van der Waals surface area contributed by atoms with E-state index >= 15 is 0 Å². The molecule has 0 amide bonds. The lowest BCUT2D eigenvalue weighted by molar-refractivity contribution is 0.714. The molecular weight excluding hydrogens is 162 g/mol. The van der Waals surface area contributed by atoms with Gasteiger partial charge in [-0.2, -0.15) is 5.10 Å². The van der Waals surface area contributed by atoms with Crippen LogP contribution in [0.5, 0.6) is 0 Å². The van der Waals surface area contributed by atoms with Gasteiger partial charge >= 0.3 is 0 Å². The first-order valence-electron chi connectivity index (χ1n) is 4.52. The van der Waals surface area contributed by atoms with Gasteiger partial charge in [0.05, 0.1) is 24.1 Å². The number of rotatable bonds is 3. The van der Waals surface area contributed by atoms with E-state index in [4.69, 9.17) is 6.42 Å². The molecule has 1 N–H and O–H groups in total. The van der Waals surface area contributed by atoms with E-state index in [1.54, 1.807) is 0 Å². The lowest BCUT2D eigenvalue weighted by Gasteiger charge is -2.04. The molecule has 1 aromatic heterocycles. The molecule has 0 atom stereocenters. The van der Waals surface area contributed by atoms with Crippen LogP contribution in [0.25, 0.3) is 0 Å². The van der Waals surface area contributed by atoms with Crippen LogP contribution in [0.2, 0.25) is 0 Å². The Labute approximate surface area is 78.1 Å². The highest BCUT2D eigenvalue weighted by Crippen LogP contribution is 2.42. The van der Waals surface area contributed by atoms with Crippen molar-refractivity contribution in [3.63, 3.8) is 0 Å². The third kappa shape index (κ3) is 1.52. The summed E-state index contributed by atoms with van der Waals surface area (Å²) in [6.07, 6.45) is 9.60. The SMILES string of the molecule is C#CCNc1cnn(C)c1C1CC1. The second-order valence-corrected chi connectivity index (χ2v) is 3.40. The number of terminal acetylenes is 1. The molecule has 0 aliphatic heterocycles. The Morgan fingerprint density at radius 1 is 1.77 bits per heavy atom. The van der Waals surface area contributed by atoms with E-state index in [1.807, 2.05) is 17.9 Å². The quantitative estimate of drug-likeness (QED) is 0.703. The van der Waals surface area contributed by atoms with Gasteiger partial charge in [-0.05, 0) is 12.8 Å². The summed E-state index contributed by atoms with van der Waals surface area (Å²) in [6.45, 7) is 0.575. The summed E-state index contributed by atoms with van der Waals surface area (Å²) in [5.74, 6) is 3.27. The fourth-order valence-corrected chi connectivity index (χ4v) is 1.57. The molecule has 0 saturated heterocycles. The molecule has 0 spiro atoms. The monoisotopic (exact) mass is 175 g/mol. The van der Waals surface area contributed by atoms with Gasteiger partial charge in [-0.1, -0.05) is 5.92 Å². The number of nitrogens with one attached hydrogen (secondary N) is 1. The molecule has 0 radical (unpaired) electrons. The van der Waals surface area contributed by atoms with Gasteiger partial charge in [0.15, 0.2) is 0 Å². The maximum absolute atomic E-state index is 5.19. The maximum atomic E-state index is 5.19. The van der Waals surface area contributed by atoms with Gasteiger partial charge in [-0.15, -0.1) is 6.42 Å². The van der Waals surface area contributed by atoms with E-state index in [-0.39, 0.29) is 0 Å². The molecule has 3 heteroatoms. The molecule has 2 rings (SSSR count). The van der Waals surface area contributed by atoms with Crippen molar-refractivity contribution in [2.75, 3.05) is 11.9 Å². The highest BCUT2D eigenvalue weighted by molar-refractivity contribution is 5.50. The minimum absolute atomic E-state index is 0.575. The van der Waals surface area contributed by atoms with Crippen LogP contribution in [0.3, 0.4) is 0 Å². The van der Waals surface area contributed by atoms with Crippen LogP contribution >= 0.6 is 0 Å². The lowest BCUT2D eigenvalue weighted by Crippen LogP contribution is -2.02. The third-order valence-corrected chi connectivity index (χ3v) is 2.33. The van der Waals surface area contributed by atoms with E-state index in [1.165, 1.54) is 18.5 Å². The maximum Gasteiger partial charge on any atom is 0.0769 e. The van der Waals surface area contributed by atoms with Crippen LogP contribution in [0.1, 0.15) is 24.5 Å². The Kier molecular flexibility index (Phi) is 1.97. The normalized spacial score (nSPS) is 15.4. The molecule has 1 aliphatic rings. The Hall–Kier alpha value is -1.43. The van der Waals surface area contributed by atoms with Gasteiger partial charge in [0, 0.05) is 13.0 Å². The number of hydrogen-bond acceptors (Lipinski definition) is 2. The predicted molar refractivity (Wildman–Crippen MR) is 52.5 cm³/mol. The van der Waals surface area contributed by atoms with Crippen LogP contribution in [-0.2, 0) is 7.05 Å². The lowest BCUT2D eigenvalue weighted by atomic mass is 10.2. The Morgan fingerprint density at radius 3 is 3.15 bits per heavy atom. The van der Waals surface area contributed by atoms with Crippen LogP contribution < -0.4 is 5.32 Å². The van der Waals surface area contributed by atoms with Gasteiger partial charge in [0.1, 0.15) is 0 Å². The zero-order valence-corrected chi connectivity index (χ0v) is 7.75. The molecule has 0 bridgehead atoms. The van der Waals surface area contributed by atoms with Crippen molar-refractivity contribution in [1.29, 1.82) is 0 Å². The van der Waals surface area contributed by atoms with Crippen LogP contribution in [0.4, 0.5) is 5.69 Å². The summed E-state index contributed by atoms with van der Waals surface area (Å²) in [4.78, 5) is 0. The van der Waals surface area contributed by atoms with Gasteiger partial charge in [-0.25, -0.2) is 0 Å². The van der Waals surface area contributed by atoms with Crippen molar-refractivity contribution < 1.29 is 0 Å². The molecule has 0 aromatic carbocycles. The van der Waals surface area contributed by atoms with Crippen LogP contribution in [0.15, 0.2) is 6.20 Å². The van der Waals surface area contributed by atoms with E-state index in [2.05, 4.69) is 16.3 Å². The average molecular weight is 175 g/mol. The first-order valence-corrected chi connectivity index (χ1v) is 4.52. The smallest absolute Gasteiger partial charge is 0.0769 e. The fraction of sp³-hybridized carbons (Fsp3) is 0.500. The summed E-state index contributed by atoms with van der Waals surface area (Å²) < 4.78 is 1.94. The van der Waals surface area contributed by atoms with E-state index in [0.29, 0.717) is 12.5 Å². The minimum Gasteiger partial charge on any atom is -0.371 e. The molecule has 1 aliphatic carbocycles. The Bertz CT molecular complexity index is 342. The number of anilines is 1. The van der Waals surface area contributed by atoms with Gasteiger partial charge in [-0.3, -0.25) is 4.68 Å². The second kappa shape index (κ2) is 3.14. The molecule has 13 heavy (non-hydrogen) atoms. The molecule has 1 saturated carbocycles. The average Bonchev–Trinajstić information content (AvgIpc) is 2.88. The van der Waals surface area contributed by atoms with Crippen molar-refractivity contribution in [3.05, 3.63) is 11.9 Å². The molecule has 1 heterocycles. The second-order valence-electron chi connectivity index (χ2n) is 3.40. The third-order valence-electron chi connectivity index (χ3n) is 2.33. The largest absolute Gasteiger partial charge is 0.371 e. The highest BCUT2D eigenvalue weighted by atomic mass is 15.3. The summed E-state index contributed by atoms with van der Waals surface area (Å²) in [5, 5.41) is 7.40. The standard InChI is InChI=1S/C10H13N3/c1-3-6-11-9-7-12-13(2)10(9)8-4-5-8/h1,7-8,11H,4-6H2,2H3. The molecule has 1 fully saturated rings. The number of nitrogens with zero attached hydrogens (tertiary/aromatic N) is 2. The van der Waals surface area contributed by atoms with Crippen molar-refractivity contribution >= 4 is 5.69 Å². The molecule has 3 nitrogen and oxygen atoms in total. The summed E-state index contributed by atoms with van der Waals surface area (Å²) in [6, 6.07) is 0. The van der Waals surface area contributed by atoms with E-state index in [0.717, 1.165) is 5.69 Å². The van der Waals surface area contributed by atoms with Gasteiger partial charge in [0.2, 0.25) is 0 Å².